The van der Waals surface area contributed by atoms with Crippen molar-refractivity contribution in [3.8, 4) is 10.6 Å². The van der Waals surface area contributed by atoms with Crippen LogP contribution in [0.5, 0.6) is 0 Å². The van der Waals surface area contributed by atoms with Gasteiger partial charge in [0.25, 0.3) is 0 Å². The van der Waals surface area contributed by atoms with Gasteiger partial charge in [0.15, 0.2) is 0 Å². The SMILES string of the molecule is OCc1csc(-c2ccc(NC(F)(F)F)cc2)n1. The summed E-state index contributed by atoms with van der Waals surface area (Å²) in [7, 11) is 0. The number of aliphatic hydroxyl groups is 1. The molecule has 0 spiro atoms. The summed E-state index contributed by atoms with van der Waals surface area (Å²) in [6.45, 7) is -0.149. The lowest BCUT2D eigenvalue weighted by molar-refractivity contribution is -0.0999. The Morgan fingerprint density at radius 2 is 1.89 bits per heavy atom. The smallest absolute Gasteiger partial charge is 0.390 e. The van der Waals surface area contributed by atoms with Crippen LogP contribution in [0.15, 0.2) is 29.6 Å². The minimum absolute atomic E-state index is 0.0230. The molecular formula is C11H9F3N2OS. The molecule has 3 nitrogen and oxygen atoms in total. The van der Waals surface area contributed by atoms with E-state index in [1.165, 1.54) is 28.8 Å². The zero-order chi connectivity index (χ0) is 13.2. The minimum atomic E-state index is -4.44. The van der Waals surface area contributed by atoms with Crippen LogP contribution in [-0.4, -0.2) is 16.4 Å². The van der Waals surface area contributed by atoms with Gasteiger partial charge in [-0.05, 0) is 24.3 Å². The van der Waals surface area contributed by atoms with Gasteiger partial charge < -0.3 is 5.11 Å². The minimum Gasteiger partial charge on any atom is -0.390 e. The molecule has 2 N–H and O–H groups in total. The quantitative estimate of drug-likeness (QED) is 0.845. The number of anilines is 1. The fourth-order valence-electron chi connectivity index (χ4n) is 1.37. The second kappa shape index (κ2) is 4.95. The summed E-state index contributed by atoms with van der Waals surface area (Å²) in [6, 6.07) is 5.77. The van der Waals surface area contributed by atoms with Crippen molar-refractivity contribution >= 4 is 17.0 Å². The average molecular weight is 274 g/mol. The van der Waals surface area contributed by atoms with Gasteiger partial charge in [-0.1, -0.05) is 0 Å². The Labute approximate surface area is 105 Å². The van der Waals surface area contributed by atoms with Crippen LogP contribution >= 0.6 is 11.3 Å². The van der Waals surface area contributed by atoms with Crippen LogP contribution in [0.2, 0.25) is 0 Å². The summed E-state index contributed by atoms with van der Waals surface area (Å²) in [5.41, 5.74) is 1.24. The molecule has 0 fully saturated rings. The molecule has 18 heavy (non-hydrogen) atoms. The van der Waals surface area contributed by atoms with Crippen LogP contribution in [-0.2, 0) is 6.61 Å². The predicted molar refractivity (Wildman–Crippen MR) is 63.2 cm³/mol. The van der Waals surface area contributed by atoms with Gasteiger partial charge in [0, 0.05) is 16.6 Å². The number of thiazole rings is 1. The maximum atomic E-state index is 12.1. The first-order chi connectivity index (χ1) is 8.48. The molecule has 2 aromatic rings. The second-order valence-corrected chi connectivity index (χ2v) is 4.36. The lowest BCUT2D eigenvalue weighted by Gasteiger charge is -2.09. The molecule has 1 aromatic heterocycles. The monoisotopic (exact) mass is 274 g/mol. The third-order valence-electron chi connectivity index (χ3n) is 2.13. The summed E-state index contributed by atoms with van der Waals surface area (Å²) >= 11 is 1.33. The molecule has 7 heteroatoms. The largest absolute Gasteiger partial charge is 0.482 e. The highest BCUT2D eigenvalue weighted by Gasteiger charge is 2.26. The number of alkyl halides is 3. The molecular weight excluding hydrogens is 265 g/mol. The lowest BCUT2D eigenvalue weighted by Crippen LogP contribution is -2.20. The van der Waals surface area contributed by atoms with Crippen molar-refractivity contribution in [1.29, 1.82) is 0 Å². The third kappa shape index (κ3) is 3.21. The predicted octanol–water partition coefficient (Wildman–Crippen LogP) is 3.23. The summed E-state index contributed by atoms with van der Waals surface area (Å²) in [5.74, 6) is 0. The first-order valence-corrected chi connectivity index (χ1v) is 5.86. The number of rotatable bonds is 3. The number of hydrogen-bond donors (Lipinski definition) is 2. The summed E-state index contributed by atoms with van der Waals surface area (Å²) < 4.78 is 36.2. The van der Waals surface area contributed by atoms with E-state index in [0.29, 0.717) is 16.3 Å². The van der Waals surface area contributed by atoms with E-state index in [1.807, 2.05) is 0 Å². The summed E-state index contributed by atoms with van der Waals surface area (Å²) in [6.07, 6.45) is -4.44. The molecule has 0 radical (unpaired) electrons. The average Bonchev–Trinajstić information content (AvgIpc) is 2.76. The zero-order valence-electron chi connectivity index (χ0n) is 9.03. The van der Waals surface area contributed by atoms with Gasteiger partial charge in [0.05, 0.1) is 12.3 Å². The first kappa shape index (κ1) is 12.8. The van der Waals surface area contributed by atoms with Crippen LogP contribution in [0.3, 0.4) is 0 Å². The lowest BCUT2D eigenvalue weighted by atomic mass is 10.2. The molecule has 0 bridgehead atoms. The molecule has 0 aliphatic rings. The van der Waals surface area contributed by atoms with Crippen LogP contribution in [0.25, 0.3) is 10.6 Å². The van der Waals surface area contributed by atoms with E-state index in [-0.39, 0.29) is 12.3 Å². The molecule has 0 amide bonds. The molecule has 1 heterocycles. The summed E-state index contributed by atoms with van der Waals surface area (Å²) in [4.78, 5) is 4.13. The molecule has 2 rings (SSSR count). The molecule has 0 atom stereocenters. The fourth-order valence-corrected chi connectivity index (χ4v) is 2.19. The van der Waals surface area contributed by atoms with Crippen molar-refractivity contribution in [3.05, 3.63) is 35.3 Å². The molecule has 0 saturated heterocycles. The standard InChI is InChI=1S/C11H9F3N2OS/c12-11(13,14)16-8-3-1-7(2-4-8)10-15-9(5-17)6-18-10/h1-4,6,16-17H,5H2. The number of halogens is 3. The van der Waals surface area contributed by atoms with Crippen molar-refractivity contribution in [3.63, 3.8) is 0 Å². The Bertz CT molecular complexity index is 522. The van der Waals surface area contributed by atoms with Gasteiger partial charge in [0.1, 0.15) is 5.01 Å². The number of aliphatic hydroxyl groups excluding tert-OH is 1. The zero-order valence-corrected chi connectivity index (χ0v) is 9.85. The van der Waals surface area contributed by atoms with Crippen molar-refractivity contribution in [1.82, 2.24) is 4.98 Å². The Hall–Kier alpha value is -1.60. The maximum Gasteiger partial charge on any atom is 0.482 e. The number of aromatic nitrogens is 1. The fraction of sp³-hybridized carbons (Fsp3) is 0.182. The number of nitrogens with one attached hydrogen (secondary N) is 1. The maximum absolute atomic E-state index is 12.1. The van der Waals surface area contributed by atoms with Gasteiger partial charge in [-0.15, -0.1) is 11.3 Å². The number of benzene rings is 1. The van der Waals surface area contributed by atoms with Crippen LogP contribution in [0, 0.1) is 0 Å². The number of nitrogens with zero attached hydrogens (tertiary/aromatic N) is 1. The van der Waals surface area contributed by atoms with E-state index in [9.17, 15) is 13.2 Å². The van der Waals surface area contributed by atoms with Crippen molar-refractivity contribution in [2.24, 2.45) is 0 Å². The topological polar surface area (TPSA) is 45.1 Å². The Kier molecular flexibility index (Phi) is 3.53. The van der Waals surface area contributed by atoms with Gasteiger partial charge in [-0.3, -0.25) is 5.32 Å². The van der Waals surface area contributed by atoms with E-state index in [4.69, 9.17) is 5.11 Å². The molecule has 96 valence electrons. The van der Waals surface area contributed by atoms with Gasteiger partial charge in [-0.2, -0.15) is 13.2 Å². The molecule has 1 aromatic carbocycles. The highest BCUT2D eigenvalue weighted by atomic mass is 32.1. The van der Waals surface area contributed by atoms with Crippen molar-refractivity contribution in [2.45, 2.75) is 12.9 Å². The number of hydrogen-bond acceptors (Lipinski definition) is 4. The molecule has 0 aliphatic heterocycles. The van der Waals surface area contributed by atoms with E-state index in [1.54, 1.807) is 17.5 Å². The van der Waals surface area contributed by atoms with Crippen LogP contribution in [0.1, 0.15) is 5.69 Å². The van der Waals surface area contributed by atoms with E-state index in [0.717, 1.165) is 0 Å². The molecule has 0 saturated carbocycles. The van der Waals surface area contributed by atoms with Crippen molar-refractivity contribution in [2.75, 3.05) is 5.32 Å². The normalized spacial score (nSPS) is 11.6. The van der Waals surface area contributed by atoms with Crippen molar-refractivity contribution < 1.29 is 18.3 Å². The van der Waals surface area contributed by atoms with E-state index in [2.05, 4.69) is 4.98 Å². The molecule has 0 unspecified atom stereocenters. The highest BCUT2D eigenvalue weighted by molar-refractivity contribution is 7.13. The third-order valence-corrected chi connectivity index (χ3v) is 3.07. The first-order valence-electron chi connectivity index (χ1n) is 4.98. The van der Waals surface area contributed by atoms with E-state index < -0.39 is 6.30 Å². The van der Waals surface area contributed by atoms with Gasteiger partial charge >= 0.3 is 6.30 Å². The van der Waals surface area contributed by atoms with Crippen LogP contribution < -0.4 is 5.32 Å². The summed E-state index contributed by atoms with van der Waals surface area (Å²) in [5, 5.41) is 12.7. The highest BCUT2D eigenvalue weighted by Crippen LogP contribution is 2.26. The van der Waals surface area contributed by atoms with E-state index >= 15 is 0 Å². The Morgan fingerprint density at radius 1 is 1.22 bits per heavy atom. The Morgan fingerprint density at radius 3 is 2.39 bits per heavy atom. The molecule has 0 aliphatic carbocycles. The second-order valence-electron chi connectivity index (χ2n) is 3.50. The van der Waals surface area contributed by atoms with Gasteiger partial charge in [-0.25, -0.2) is 4.98 Å². The van der Waals surface area contributed by atoms with Gasteiger partial charge in [0.2, 0.25) is 0 Å². The van der Waals surface area contributed by atoms with Crippen LogP contribution in [0.4, 0.5) is 18.9 Å². The Balaban J connectivity index is 2.17.